The van der Waals surface area contributed by atoms with Crippen LogP contribution in [-0.2, 0) is 25.6 Å². The van der Waals surface area contributed by atoms with E-state index in [0.717, 1.165) is 5.56 Å². The lowest BCUT2D eigenvalue weighted by Crippen LogP contribution is -2.55. The minimum absolute atomic E-state index is 0.172. The molecule has 0 radical (unpaired) electrons. The summed E-state index contributed by atoms with van der Waals surface area (Å²) in [5.74, 6) is -2.41. The van der Waals surface area contributed by atoms with Crippen molar-refractivity contribution in [2.45, 2.75) is 50.7 Å². The zero-order chi connectivity index (χ0) is 23.7. The Balaban J connectivity index is 2.10. The number of carbonyl (C=O) groups excluding carboxylic acids is 4. The normalized spacial score (nSPS) is 17.5. The summed E-state index contributed by atoms with van der Waals surface area (Å²) in [5, 5.41) is 2.48. The number of nitrogens with two attached hydrogens (primary N) is 2. The molecule has 0 saturated carbocycles. The third kappa shape index (κ3) is 7.30. The van der Waals surface area contributed by atoms with E-state index >= 15 is 0 Å². The van der Waals surface area contributed by atoms with Gasteiger partial charge in [-0.3, -0.25) is 19.2 Å². The molecule has 0 spiro atoms. The second kappa shape index (κ2) is 12.1. The Bertz CT molecular complexity index is 805. The largest absolute Gasteiger partial charge is 0.370 e. The summed E-state index contributed by atoms with van der Waals surface area (Å²) in [6.45, 7) is 1.24. The Morgan fingerprint density at radius 3 is 2.53 bits per heavy atom. The van der Waals surface area contributed by atoms with Crippen molar-refractivity contribution in [1.29, 1.82) is 0 Å². The van der Waals surface area contributed by atoms with Crippen LogP contribution in [0.4, 0.5) is 4.39 Å². The maximum atomic E-state index is 13.2. The van der Waals surface area contributed by atoms with Gasteiger partial charge in [-0.2, -0.15) is 0 Å². The molecule has 3 atom stereocenters. The standard InChI is InChI=1S/C22H32FN5O4/c1-15(24)21(31)26-18(12-19(25)29)22(32)28-10-5-8-17(28)14-27(20(30)13-23)11-9-16-6-3-2-4-7-16/h2-4,6-7,15,17-18H,5,8-14,24H2,1H3,(H2,25,29)(H,26,31)/t15-,17-,18-/m0/s1. The van der Waals surface area contributed by atoms with Crippen LogP contribution in [0.5, 0.6) is 0 Å². The number of rotatable bonds is 11. The first-order valence-electron chi connectivity index (χ1n) is 10.7. The number of nitrogens with zero attached hydrogens (tertiary/aromatic N) is 2. The number of carbonyl (C=O) groups is 4. The Kier molecular flexibility index (Phi) is 9.58. The highest BCUT2D eigenvalue weighted by molar-refractivity contribution is 5.93. The van der Waals surface area contributed by atoms with Crippen molar-refractivity contribution in [1.82, 2.24) is 15.1 Å². The molecule has 10 heteroatoms. The van der Waals surface area contributed by atoms with Gasteiger partial charge in [0.15, 0.2) is 6.67 Å². The van der Waals surface area contributed by atoms with E-state index in [1.54, 1.807) is 0 Å². The monoisotopic (exact) mass is 449 g/mol. The molecule has 32 heavy (non-hydrogen) atoms. The second-order valence-electron chi connectivity index (χ2n) is 8.06. The number of hydrogen-bond donors (Lipinski definition) is 3. The molecular weight excluding hydrogens is 417 g/mol. The van der Waals surface area contributed by atoms with E-state index in [1.165, 1.54) is 16.7 Å². The third-order valence-corrected chi connectivity index (χ3v) is 5.51. The molecule has 4 amide bonds. The summed E-state index contributed by atoms with van der Waals surface area (Å²) in [6, 6.07) is 7.19. The van der Waals surface area contributed by atoms with Gasteiger partial charge in [-0.25, -0.2) is 4.39 Å². The first kappa shape index (κ1) is 25.3. The number of likely N-dealkylation sites (tertiary alicyclic amines) is 1. The van der Waals surface area contributed by atoms with Gasteiger partial charge in [0.1, 0.15) is 6.04 Å². The summed E-state index contributed by atoms with van der Waals surface area (Å²) >= 11 is 0. The Labute approximate surface area is 187 Å². The molecule has 1 aromatic carbocycles. The maximum Gasteiger partial charge on any atom is 0.254 e. The molecule has 1 aromatic rings. The third-order valence-electron chi connectivity index (χ3n) is 5.51. The van der Waals surface area contributed by atoms with Gasteiger partial charge in [-0.15, -0.1) is 0 Å². The van der Waals surface area contributed by atoms with Gasteiger partial charge in [-0.1, -0.05) is 30.3 Å². The quantitative estimate of drug-likeness (QED) is 0.427. The fraction of sp³-hybridized carbons (Fsp3) is 0.545. The Morgan fingerprint density at radius 2 is 1.94 bits per heavy atom. The average molecular weight is 450 g/mol. The van der Waals surface area contributed by atoms with Crippen molar-refractivity contribution in [2.75, 3.05) is 26.3 Å². The SMILES string of the molecule is C[C@H](N)C(=O)N[C@@H](CC(N)=O)C(=O)N1CCC[C@H]1CN(CCc1ccccc1)C(=O)CF. The predicted molar refractivity (Wildman–Crippen MR) is 117 cm³/mol. The lowest BCUT2D eigenvalue weighted by atomic mass is 10.1. The zero-order valence-corrected chi connectivity index (χ0v) is 18.3. The van der Waals surface area contributed by atoms with E-state index in [0.29, 0.717) is 32.4 Å². The van der Waals surface area contributed by atoms with Crippen LogP contribution in [0.1, 0.15) is 31.7 Å². The molecule has 5 N–H and O–H groups in total. The number of halogens is 1. The molecular formula is C22H32FN5O4. The van der Waals surface area contributed by atoms with E-state index in [2.05, 4.69) is 5.32 Å². The topological polar surface area (TPSA) is 139 Å². The number of hydrogen-bond acceptors (Lipinski definition) is 5. The highest BCUT2D eigenvalue weighted by atomic mass is 19.1. The van der Waals surface area contributed by atoms with Crippen LogP contribution in [0, 0.1) is 0 Å². The first-order chi connectivity index (χ1) is 15.2. The van der Waals surface area contributed by atoms with Gasteiger partial charge >= 0.3 is 0 Å². The van der Waals surface area contributed by atoms with Crippen LogP contribution >= 0.6 is 0 Å². The van der Waals surface area contributed by atoms with Gasteiger partial charge in [-0.05, 0) is 31.7 Å². The van der Waals surface area contributed by atoms with Gasteiger partial charge in [0, 0.05) is 25.7 Å². The van der Waals surface area contributed by atoms with Gasteiger partial charge in [0.25, 0.3) is 5.91 Å². The minimum Gasteiger partial charge on any atom is -0.370 e. The molecule has 1 aliphatic rings. The maximum absolute atomic E-state index is 13.2. The minimum atomic E-state index is -1.14. The molecule has 1 heterocycles. The zero-order valence-electron chi connectivity index (χ0n) is 18.3. The molecule has 2 rings (SSSR count). The summed E-state index contributed by atoms with van der Waals surface area (Å²) in [4.78, 5) is 51.8. The predicted octanol–water partition coefficient (Wildman–Crippen LogP) is -0.274. The molecule has 1 aliphatic heterocycles. The number of alkyl halides is 1. The van der Waals surface area contributed by atoms with E-state index in [-0.39, 0.29) is 19.0 Å². The molecule has 9 nitrogen and oxygen atoms in total. The van der Waals surface area contributed by atoms with E-state index in [9.17, 15) is 23.6 Å². The van der Waals surface area contributed by atoms with Crippen LogP contribution in [0.2, 0.25) is 0 Å². The van der Waals surface area contributed by atoms with Crippen LogP contribution < -0.4 is 16.8 Å². The number of primary amides is 1. The van der Waals surface area contributed by atoms with Crippen LogP contribution in [0.3, 0.4) is 0 Å². The van der Waals surface area contributed by atoms with Crippen molar-refractivity contribution in [3.8, 4) is 0 Å². The van der Waals surface area contributed by atoms with Crippen LogP contribution in [0.25, 0.3) is 0 Å². The molecule has 176 valence electrons. The average Bonchev–Trinajstić information content (AvgIpc) is 3.23. The highest BCUT2D eigenvalue weighted by Gasteiger charge is 2.36. The fourth-order valence-corrected chi connectivity index (χ4v) is 3.79. The lowest BCUT2D eigenvalue weighted by molar-refractivity contribution is -0.140. The molecule has 1 fully saturated rings. The summed E-state index contributed by atoms with van der Waals surface area (Å²) in [5.41, 5.74) is 11.8. The summed E-state index contributed by atoms with van der Waals surface area (Å²) in [6.07, 6.45) is 1.51. The lowest BCUT2D eigenvalue weighted by Gasteiger charge is -2.33. The van der Waals surface area contributed by atoms with E-state index in [4.69, 9.17) is 11.5 Å². The van der Waals surface area contributed by atoms with Crippen molar-refractivity contribution < 1.29 is 23.6 Å². The van der Waals surface area contributed by atoms with Crippen molar-refractivity contribution >= 4 is 23.6 Å². The van der Waals surface area contributed by atoms with Gasteiger partial charge < -0.3 is 26.6 Å². The molecule has 0 bridgehead atoms. The first-order valence-corrected chi connectivity index (χ1v) is 10.7. The summed E-state index contributed by atoms with van der Waals surface area (Å²) < 4.78 is 13.2. The van der Waals surface area contributed by atoms with Crippen LogP contribution in [0.15, 0.2) is 30.3 Å². The molecule has 0 aliphatic carbocycles. The van der Waals surface area contributed by atoms with E-state index in [1.807, 2.05) is 30.3 Å². The number of benzene rings is 1. The highest BCUT2D eigenvalue weighted by Crippen LogP contribution is 2.21. The summed E-state index contributed by atoms with van der Waals surface area (Å²) in [7, 11) is 0. The second-order valence-corrected chi connectivity index (χ2v) is 8.06. The molecule has 0 aromatic heterocycles. The molecule has 0 unspecified atom stereocenters. The van der Waals surface area contributed by atoms with E-state index < -0.39 is 42.4 Å². The number of nitrogens with one attached hydrogen (secondary N) is 1. The van der Waals surface area contributed by atoms with Gasteiger partial charge in [0.2, 0.25) is 17.7 Å². The Hall–Kier alpha value is -3.01. The van der Waals surface area contributed by atoms with Crippen LogP contribution in [-0.4, -0.2) is 77.9 Å². The number of amides is 4. The van der Waals surface area contributed by atoms with Gasteiger partial charge in [0.05, 0.1) is 12.5 Å². The smallest absolute Gasteiger partial charge is 0.254 e. The fourth-order valence-electron chi connectivity index (χ4n) is 3.79. The van der Waals surface area contributed by atoms with Crippen molar-refractivity contribution in [3.63, 3.8) is 0 Å². The van der Waals surface area contributed by atoms with Crippen molar-refractivity contribution in [2.24, 2.45) is 11.5 Å². The Morgan fingerprint density at radius 1 is 1.25 bits per heavy atom. The molecule has 1 saturated heterocycles. The van der Waals surface area contributed by atoms with Crippen molar-refractivity contribution in [3.05, 3.63) is 35.9 Å².